The summed E-state index contributed by atoms with van der Waals surface area (Å²) in [6.45, 7) is 1.89. The molecule has 20 heavy (non-hydrogen) atoms. The third kappa shape index (κ3) is 3.17. The van der Waals surface area contributed by atoms with Crippen LogP contribution in [0.4, 0.5) is 13.2 Å². The second-order valence-corrected chi connectivity index (χ2v) is 4.57. The zero-order valence-electron chi connectivity index (χ0n) is 11.2. The predicted octanol–water partition coefficient (Wildman–Crippen LogP) is 3.72. The van der Waals surface area contributed by atoms with Crippen molar-refractivity contribution in [3.05, 3.63) is 65.0 Å². The Morgan fingerprint density at radius 3 is 2.05 bits per heavy atom. The van der Waals surface area contributed by atoms with E-state index in [1.165, 1.54) is 12.1 Å². The lowest BCUT2D eigenvalue weighted by Gasteiger charge is -2.18. The van der Waals surface area contributed by atoms with Gasteiger partial charge in [-0.1, -0.05) is 18.2 Å². The highest BCUT2D eigenvalue weighted by atomic mass is 19.4. The van der Waals surface area contributed by atoms with E-state index in [9.17, 15) is 13.2 Å². The van der Waals surface area contributed by atoms with Gasteiger partial charge in [-0.2, -0.15) is 13.2 Å². The highest BCUT2D eigenvalue weighted by molar-refractivity contribution is 5.33. The number of aryl methyl sites for hydroxylation is 1. The van der Waals surface area contributed by atoms with Crippen molar-refractivity contribution >= 4 is 0 Å². The van der Waals surface area contributed by atoms with Crippen molar-refractivity contribution in [1.82, 2.24) is 10.3 Å². The Hall–Kier alpha value is -1.88. The van der Waals surface area contributed by atoms with E-state index in [0.717, 1.165) is 29.0 Å². The zero-order chi connectivity index (χ0) is 14.8. The molecule has 0 aliphatic heterocycles. The summed E-state index contributed by atoms with van der Waals surface area (Å²) < 4.78 is 37.6. The third-order valence-corrected chi connectivity index (χ3v) is 3.13. The number of aromatic nitrogens is 1. The first kappa shape index (κ1) is 14.5. The highest BCUT2D eigenvalue weighted by Gasteiger charge is 2.30. The fraction of sp³-hybridized carbons (Fsp3) is 0.267. The van der Waals surface area contributed by atoms with E-state index in [0.29, 0.717) is 0 Å². The van der Waals surface area contributed by atoms with Gasteiger partial charge >= 0.3 is 6.18 Å². The van der Waals surface area contributed by atoms with E-state index in [1.807, 2.05) is 19.1 Å². The minimum Gasteiger partial charge on any atom is -0.309 e. The number of pyridine rings is 1. The molecule has 1 aromatic carbocycles. The first-order chi connectivity index (χ1) is 9.41. The summed E-state index contributed by atoms with van der Waals surface area (Å²) in [4.78, 5) is 4.21. The van der Waals surface area contributed by atoms with Gasteiger partial charge in [0, 0.05) is 11.9 Å². The average Bonchev–Trinajstić information content (AvgIpc) is 2.41. The molecule has 0 spiro atoms. The van der Waals surface area contributed by atoms with Crippen LogP contribution in [-0.4, -0.2) is 12.0 Å². The van der Waals surface area contributed by atoms with Crippen molar-refractivity contribution in [2.24, 2.45) is 0 Å². The molecule has 1 N–H and O–H groups in total. The molecular formula is C15H15F3N2. The van der Waals surface area contributed by atoms with Crippen molar-refractivity contribution in [2.45, 2.75) is 19.1 Å². The highest BCUT2D eigenvalue weighted by Crippen LogP contribution is 2.30. The van der Waals surface area contributed by atoms with E-state index in [2.05, 4.69) is 10.3 Å². The summed E-state index contributed by atoms with van der Waals surface area (Å²) in [5.74, 6) is 0. The maximum atomic E-state index is 12.5. The van der Waals surface area contributed by atoms with Gasteiger partial charge in [0.25, 0.3) is 0 Å². The second-order valence-electron chi connectivity index (χ2n) is 4.57. The fourth-order valence-corrected chi connectivity index (χ4v) is 2.04. The Labute approximate surface area is 115 Å². The Kier molecular flexibility index (Phi) is 4.09. The summed E-state index contributed by atoms with van der Waals surface area (Å²) in [5.41, 5.74) is 1.94. The molecule has 0 fully saturated rings. The van der Waals surface area contributed by atoms with Crippen LogP contribution in [0.1, 0.15) is 28.4 Å². The molecule has 1 unspecified atom stereocenters. The molecule has 106 valence electrons. The number of nitrogens with one attached hydrogen (secondary N) is 1. The fourth-order valence-electron chi connectivity index (χ4n) is 2.04. The Morgan fingerprint density at radius 1 is 1.00 bits per heavy atom. The molecule has 0 saturated heterocycles. The molecule has 2 aromatic rings. The minimum atomic E-state index is -4.31. The molecule has 0 bridgehead atoms. The number of benzene rings is 1. The third-order valence-electron chi connectivity index (χ3n) is 3.13. The summed E-state index contributed by atoms with van der Waals surface area (Å²) in [6, 6.07) is 8.80. The number of hydrogen-bond donors (Lipinski definition) is 1. The van der Waals surface area contributed by atoms with Gasteiger partial charge in [0.2, 0.25) is 0 Å². The topological polar surface area (TPSA) is 24.9 Å². The van der Waals surface area contributed by atoms with Crippen LogP contribution in [0.5, 0.6) is 0 Å². The van der Waals surface area contributed by atoms with Crippen LogP contribution in [-0.2, 0) is 6.18 Å². The summed E-state index contributed by atoms with van der Waals surface area (Å²) in [6.07, 6.45) is -2.58. The molecule has 1 aromatic heterocycles. The maximum absolute atomic E-state index is 12.5. The Balaban J connectivity index is 2.30. The van der Waals surface area contributed by atoms with Gasteiger partial charge in [0.05, 0.1) is 11.6 Å². The number of rotatable bonds is 3. The monoisotopic (exact) mass is 280 g/mol. The van der Waals surface area contributed by atoms with Gasteiger partial charge in [-0.05, 0) is 43.3 Å². The number of alkyl halides is 3. The van der Waals surface area contributed by atoms with Gasteiger partial charge in [0.1, 0.15) is 0 Å². The van der Waals surface area contributed by atoms with Crippen molar-refractivity contribution in [1.29, 1.82) is 0 Å². The normalized spacial score (nSPS) is 13.2. The first-order valence-corrected chi connectivity index (χ1v) is 6.19. The van der Waals surface area contributed by atoms with Crippen LogP contribution < -0.4 is 5.32 Å². The van der Waals surface area contributed by atoms with E-state index in [1.54, 1.807) is 13.2 Å². The van der Waals surface area contributed by atoms with E-state index in [4.69, 9.17) is 0 Å². The molecule has 1 atom stereocenters. The van der Waals surface area contributed by atoms with Crippen LogP contribution in [0.2, 0.25) is 0 Å². The molecule has 1 heterocycles. The summed E-state index contributed by atoms with van der Waals surface area (Å²) in [7, 11) is 1.77. The van der Waals surface area contributed by atoms with Gasteiger partial charge < -0.3 is 5.32 Å². The maximum Gasteiger partial charge on any atom is 0.416 e. The number of hydrogen-bond acceptors (Lipinski definition) is 2. The molecular weight excluding hydrogens is 265 g/mol. The Morgan fingerprint density at radius 2 is 1.60 bits per heavy atom. The lowest BCUT2D eigenvalue weighted by Crippen LogP contribution is -2.18. The summed E-state index contributed by atoms with van der Waals surface area (Å²) >= 11 is 0. The minimum absolute atomic E-state index is 0.176. The van der Waals surface area contributed by atoms with Gasteiger partial charge in [-0.3, -0.25) is 4.98 Å². The van der Waals surface area contributed by atoms with E-state index >= 15 is 0 Å². The molecule has 0 aliphatic rings. The zero-order valence-corrected chi connectivity index (χ0v) is 11.2. The smallest absolute Gasteiger partial charge is 0.309 e. The lowest BCUT2D eigenvalue weighted by atomic mass is 9.99. The molecule has 0 radical (unpaired) electrons. The number of halogens is 3. The van der Waals surface area contributed by atoms with Crippen molar-refractivity contribution in [3.8, 4) is 0 Å². The van der Waals surface area contributed by atoms with Crippen LogP contribution in [0.3, 0.4) is 0 Å². The van der Waals surface area contributed by atoms with Crippen molar-refractivity contribution in [3.63, 3.8) is 0 Å². The van der Waals surface area contributed by atoms with Gasteiger partial charge in [-0.15, -0.1) is 0 Å². The van der Waals surface area contributed by atoms with Crippen molar-refractivity contribution in [2.75, 3.05) is 7.05 Å². The van der Waals surface area contributed by atoms with E-state index < -0.39 is 11.7 Å². The molecule has 5 heteroatoms. The van der Waals surface area contributed by atoms with E-state index in [-0.39, 0.29) is 6.04 Å². The van der Waals surface area contributed by atoms with Crippen molar-refractivity contribution < 1.29 is 13.2 Å². The van der Waals surface area contributed by atoms with Crippen LogP contribution in [0, 0.1) is 6.92 Å². The Bertz CT molecular complexity index is 559. The first-order valence-electron chi connectivity index (χ1n) is 6.19. The van der Waals surface area contributed by atoms with Crippen LogP contribution in [0.25, 0.3) is 0 Å². The molecule has 0 saturated carbocycles. The van der Waals surface area contributed by atoms with Crippen LogP contribution >= 0.6 is 0 Å². The largest absolute Gasteiger partial charge is 0.416 e. The van der Waals surface area contributed by atoms with Crippen LogP contribution in [0.15, 0.2) is 42.6 Å². The summed E-state index contributed by atoms with van der Waals surface area (Å²) in [5, 5.41) is 3.09. The predicted molar refractivity (Wildman–Crippen MR) is 71.3 cm³/mol. The number of nitrogens with zero attached hydrogens (tertiary/aromatic N) is 1. The molecule has 0 amide bonds. The molecule has 0 aliphatic carbocycles. The SMILES string of the molecule is CNC(c1ccc(C(F)(F)F)cc1)c1ccc(C)nc1. The molecule has 2 rings (SSSR count). The standard InChI is InChI=1S/C15H15F3N2/c1-10-3-4-12(9-20-10)14(19-2)11-5-7-13(8-6-11)15(16,17)18/h3-9,14,19H,1-2H3. The van der Waals surface area contributed by atoms with Gasteiger partial charge in [0.15, 0.2) is 0 Å². The van der Waals surface area contributed by atoms with Gasteiger partial charge in [-0.25, -0.2) is 0 Å². The quantitative estimate of drug-likeness (QED) is 0.927. The average molecular weight is 280 g/mol. The lowest BCUT2D eigenvalue weighted by molar-refractivity contribution is -0.137. The molecule has 2 nitrogen and oxygen atoms in total. The second kappa shape index (κ2) is 5.63.